The quantitative estimate of drug-likeness (QED) is 0.713. The van der Waals surface area contributed by atoms with Crippen LogP contribution in [0.4, 0.5) is 5.69 Å². The Morgan fingerprint density at radius 3 is 2.23 bits per heavy atom. The number of rotatable bonds is 6. The predicted molar refractivity (Wildman–Crippen MR) is 124 cm³/mol. The number of piperidine rings is 1. The molecule has 1 aliphatic heterocycles. The molecular formula is C26H33N3O2. The molecule has 0 spiro atoms. The SMILES string of the molecule is O=C(Nc1ccccc1C(=O)NC1CCN(CC2CCCCC2)CC1)c1ccccc1. The molecule has 2 aliphatic rings. The van der Waals surface area contributed by atoms with Gasteiger partial charge < -0.3 is 15.5 Å². The minimum absolute atomic E-state index is 0.116. The van der Waals surface area contributed by atoms with Crippen molar-refractivity contribution in [1.82, 2.24) is 10.2 Å². The predicted octanol–water partition coefficient (Wildman–Crippen LogP) is 4.71. The Morgan fingerprint density at radius 2 is 1.48 bits per heavy atom. The topological polar surface area (TPSA) is 61.4 Å². The zero-order chi connectivity index (χ0) is 21.5. The van der Waals surface area contributed by atoms with Gasteiger partial charge >= 0.3 is 0 Å². The lowest BCUT2D eigenvalue weighted by molar-refractivity contribution is 0.0902. The van der Waals surface area contributed by atoms with Crippen LogP contribution in [-0.2, 0) is 0 Å². The minimum Gasteiger partial charge on any atom is -0.349 e. The summed E-state index contributed by atoms with van der Waals surface area (Å²) in [7, 11) is 0. The molecule has 5 nitrogen and oxygen atoms in total. The van der Waals surface area contributed by atoms with Crippen molar-refractivity contribution < 1.29 is 9.59 Å². The molecule has 164 valence electrons. The number of hydrogen-bond donors (Lipinski definition) is 2. The highest BCUT2D eigenvalue weighted by molar-refractivity contribution is 6.09. The Hall–Kier alpha value is -2.66. The van der Waals surface area contributed by atoms with Gasteiger partial charge in [-0.25, -0.2) is 0 Å². The van der Waals surface area contributed by atoms with Crippen LogP contribution >= 0.6 is 0 Å². The number of carbonyl (C=O) groups is 2. The van der Waals surface area contributed by atoms with Gasteiger partial charge in [0.25, 0.3) is 11.8 Å². The molecule has 4 rings (SSSR count). The molecule has 0 bridgehead atoms. The van der Waals surface area contributed by atoms with Crippen LogP contribution in [0.3, 0.4) is 0 Å². The standard InChI is InChI=1S/C26H33N3O2/c30-25(21-11-5-2-6-12-21)28-24-14-8-7-13-23(24)26(31)27-22-15-17-29(18-16-22)19-20-9-3-1-4-10-20/h2,5-8,11-14,20,22H,1,3-4,9-10,15-19H2,(H,27,31)(H,28,30). The number of anilines is 1. The van der Waals surface area contributed by atoms with E-state index in [1.165, 1.54) is 38.6 Å². The fourth-order valence-corrected chi connectivity index (χ4v) is 4.83. The first-order chi connectivity index (χ1) is 15.2. The van der Waals surface area contributed by atoms with E-state index < -0.39 is 0 Å². The highest BCUT2D eigenvalue weighted by Gasteiger charge is 2.24. The van der Waals surface area contributed by atoms with Crippen LogP contribution in [0.25, 0.3) is 0 Å². The smallest absolute Gasteiger partial charge is 0.255 e. The lowest BCUT2D eigenvalue weighted by atomic mass is 9.88. The minimum atomic E-state index is -0.211. The van der Waals surface area contributed by atoms with Crippen LogP contribution < -0.4 is 10.6 Å². The second-order valence-electron chi connectivity index (χ2n) is 8.92. The second kappa shape index (κ2) is 10.6. The normalized spacial score (nSPS) is 18.5. The summed E-state index contributed by atoms with van der Waals surface area (Å²) in [5.74, 6) is 0.534. The summed E-state index contributed by atoms with van der Waals surface area (Å²) in [6.45, 7) is 3.32. The van der Waals surface area contributed by atoms with Gasteiger partial charge in [0, 0.05) is 31.2 Å². The van der Waals surface area contributed by atoms with Crippen LogP contribution in [0, 0.1) is 5.92 Å². The summed E-state index contributed by atoms with van der Waals surface area (Å²) in [5, 5.41) is 6.09. The molecule has 31 heavy (non-hydrogen) atoms. The summed E-state index contributed by atoms with van der Waals surface area (Å²) in [6.07, 6.45) is 8.89. The average molecular weight is 420 g/mol. The Morgan fingerprint density at radius 1 is 0.806 bits per heavy atom. The van der Waals surface area contributed by atoms with Gasteiger partial charge in [-0.3, -0.25) is 9.59 Å². The number of hydrogen-bond acceptors (Lipinski definition) is 3. The first kappa shape index (κ1) is 21.6. The zero-order valence-corrected chi connectivity index (χ0v) is 18.2. The van der Waals surface area contributed by atoms with Gasteiger partial charge in [-0.1, -0.05) is 49.6 Å². The number of para-hydroxylation sites is 1. The van der Waals surface area contributed by atoms with Crippen molar-refractivity contribution in [3.8, 4) is 0 Å². The largest absolute Gasteiger partial charge is 0.349 e. The Bertz CT molecular complexity index is 869. The fraction of sp³-hybridized carbons (Fsp3) is 0.462. The van der Waals surface area contributed by atoms with E-state index in [2.05, 4.69) is 15.5 Å². The molecule has 2 aromatic carbocycles. The molecule has 1 heterocycles. The van der Waals surface area contributed by atoms with Gasteiger partial charge in [0.15, 0.2) is 0 Å². The summed E-state index contributed by atoms with van der Waals surface area (Å²) >= 11 is 0. The summed E-state index contributed by atoms with van der Waals surface area (Å²) in [4.78, 5) is 28.1. The second-order valence-corrected chi connectivity index (χ2v) is 8.92. The fourth-order valence-electron chi connectivity index (χ4n) is 4.83. The molecule has 2 aromatic rings. The Labute approximate surface area is 185 Å². The Kier molecular flexibility index (Phi) is 7.36. The number of benzene rings is 2. The third-order valence-corrected chi connectivity index (χ3v) is 6.62. The molecule has 2 fully saturated rings. The van der Waals surface area contributed by atoms with Gasteiger partial charge in [-0.05, 0) is 55.9 Å². The summed E-state index contributed by atoms with van der Waals surface area (Å²) < 4.78 is 0. The van der Waals surface area contributed by atoms with Crippen LogP contribution in [0.1, 0.15) is 65.7 Å². The molecule has 1 saturated carbocycles. The maximum absolute atomic E-state index is 13.0. The number of nitrogens with zero attached hydrogens (tertiary/aromatic N) is 1. The first-order valence-electron chi connectivity index (χ1n) is 11.7. The maximum atomic E-state index is 13.0. The number of likely N-dealkylation sites (tertiary alicyclic amines) is 1. The third-order valence-electron chi connectivity index (χ3n) is 6.62. The molecule has 2 N–H and O–H groups in total. The molecule has 1 saturated heterocycles. The van der Waals surface area contributed by atoms with Crippen LogP contribution in [-0.4, -0.2) is 42.4 Å². The van der Waals surface area contributed by atoms with Crippen molar-refractivity contribution in [3.63, 3.8) is 0 Å². The Balaban J connectivity index is 1.30. The molecule has 1 aliphatic carbocycles. The van der Waals surface area contributed by atoms with E-state index >= 15 is 0 Å². The van der Waals surface area contributed by atoms with E-state index in [1.54, 1.807) is 24.3 Å². The van der Waals surface area contributed by atoms with Crippen molar-refractivity contribution in [2.24, 2.45) is 5.92 Å². The molecule has 0 aromatic heterocycles. The lowest BCUT2D eigenvalue weighted by Gasteiger charge is -2.35. The number of carbonyl (C=O) groups excluding carboxylic acids is 2. The molecule has 0 radical (unpaired) electrons. The first-order valence-corrected chi connectivity index (χ1v) is 11.7. The zero-order valence-electron chi connectivity index (χ0n) is 18.2. The monoisotopic (exact) mass is 419 g/mol. The third kappa shape index (κ3) is 5.95. The van der Waals surface area contributed by atoms with Crippen molar-refractivity contribution >= 4 is 17.5 Å². The highest BCUT2D eigenvalue weighted by Crippen LogP contribution is 2.25. The maximum Gasteiger partial charge on any atom is 0.255 e. The lowest BCUT2D eigenvalue weighted by Crippen LogP contribution is -2.46. The van der Waals surface area contributed by atoms with Crippen molar-refractivity contribution in [2.45, 2.75) is 51.0 Å². The van der Waals surface area contributed by atoms with E-state index in [4.69, 9.17) is 0 Å². The van der Waals surface area contributed by atoms with E-state index in [0.29, 0.717) is 16.8 Å². The van der Waals surface area contributed by atoms with Crippen molar-refractivity contribution in [2.75, 3.05) is 25.0 Å². The van der Waals surface area contributed by atoms with Crippen molar-refractivity contribution in [3.05, 3.63) is 65.7 Å². The molecular weight excluding hydrogens is 386 g/mol. The van der Waals surface area contributed by atoms with Gasteiger partial charge in [0.05, 0.1) is 11.3 Å². The van der Waals surface area contributed by atoms with Gasteiger partial charge in [-0.15, -0.1) is 0 Å². The van der Waals surface area contributed by atoms with E-state index in [-0.39, 0.29) is 17.9 Å². The van der Waals surface area contributed by atoms with Gasteiger partial charge in [-0.2, -0.15) is 0 Å². The van der Waals surface area contributed by atoms with Crippen LogP contribution in [0.15, 0.2) is 54.6 Å². The molecule has 2 amide bonds. The van der Waals surface area contributed by atoms with Crippen molar-refractivity contribution in [1.29, 1.82) is 0 Å². The molecule has 0 atom stereocenters. The summed E-state index contributed by atoms with van der Waals surface area (Å²) in [5.41, 5.74) is 1.63. The van der Waals surface area contributed by atoms with Gasteiger partial charge in [0.2, 0.25) is 0 Å². The van der Waals surface area contributed by atoms with Crippen LogP contribution in [0.5, 0.6) is 0 Å². The number of amides is 2. The highest BCUT2D eigenvalue weighted by atomic mass is 16.2. The van der Waals surface area contributed by atoms with Gasteiger partial charge in [0.1, 0.15) is 0 Å². The molecule has 5 heteroatoms. The van der Waals surface area contributed by atoms with Crippen LogP contribution in [0.2, 0.25) is 0 Å². The van der Waals surface area contributed by atoms with E-state index in [1.807, 2.05) is 30.3 Å². The molecule has 0 unspecified atom stereocenters. The van der Waals surface area contributed by atoms with E-state index in [9.17, 15) is 9.59 Å². The summed E-state index contributed by atoms with van der Waals surface area (Å²) in [6, 6.07) is 16.5. The van der Waals surface area contributed by atoms with E-state index in [0.717, 1.165) is 31.8 Å². The number of nitrogens with one attached hydrogen (secondary N) is 2. The average Bonchev–Trinajstić information content (AvgIpc) is 2.82.